The number of hydrogen-bond acceptors (Lipinski definition) is 4. The Balaban J connectivity index is 1.98. The molecule has 1 aromatic heterocycles. The summed E-state index contributed by atoms with van der Waals surface area (Å²) in [7, 11) is 1.92. The van der Waals surface area contributed by atoms with Gasteiger partial charge in [-0.1, -0.05) is 37.2 Å². The third-order valence-corrected chi connectivity index (χ3v) is 3.64. The number of aromatic nitrogens is 1. The number of amides is 1. The third kappa shape index (κ3) is 4.18. The lowest BCUT2D eigenvalue weighted by molar-refractivity contribution is -0.121. The van der Waals surface area contributed by atoms with Gasteiger partial charge in [0.1, 0.15) is 0 Å². The van der Waals surface area contributed by atoms with E-state index in [1.165, 1.54) is 0 Å². The fourth-order valence-electron chi connectivity index (χ4n) is 2.40. The van der Waals surface area contributed by atoms with Crippen LogP contribution in [0, 0.1) is 0 Å². The lowest BCUT2D eigenvalue weighted by Gasteiger charge is -2.25. The minimum atomic E-state index is -0.213. The summed E-state index contributed by atoms with van der Waals surface area (Å²) in [5, 5.41) is 6.93. The summed E-state index contributed by atoms with van der Waals surface area (Å²) < 4.78 is 5.30. The molecule has 0 aliphatic carbocycles. The van der Waals surface area contributed by atoms with Crippen LogP contribution in [0.4, 0.5) is 5.69 Å². The first kappa shape index (κ1) is 16.2. The van der Waals surface area contributed by atoms with E-state index in [4.69, 9.17) is 4.52 Å². The molecule has 0 radical (unpaired) electrons. The van der Waals surface area contributed by atoms with Crippen LogP contribution in [0.1, 0.15) is 31.7 Å². The van der Waals surface area contributed by atoms with E-state index in [-0.39, 0.29) is 11.9 Å². The second kappa shape index (κ2) is 7.75. The molecule has 1 atom stereocenters. The van der Waals surface area contributed by atoms with Gasteiger partial charge >= 0.3 is 0 Å². The van der Waals surface area contributed by atoms with Crippen molar-refractivity contribution in [2.75, 3.05) is 12.4 Å². The molecule has 5 heteroatoms. The number of likely N-dealkylation sites (N-methyl/N-ethyl adjacent to an activating group) is 1. The highest BCUT2D eigenvalue weighted by Crippen LogP contribution is 2.13. The van der Waals surface area contributed by atoms with E-state index < -0.39 is 0 Å². The van der Waals surface area contributed by atoms with Gasteiger partial charge in [0.15, 0.2) is 5.76 Å². The zero-order valence-corrected chi connectivity index (χ0v) is 13.4. The molecule has 0 fully saturated rings. The normalized spacial score (nSPS) is 12.4. The fraction of sp³-hybridized carbons (Fsp3) is 0.412. The number of nitrogens with zero attached hydrogens (tertiary/aromatic N) is 2. The Morgan fingerprint density at radius 2 is 2.05 bits per heavy atom. The van der Waals surface area contributed by atoms with Crippen molar-refractivity contribution in [1.82, 2.24) is 10.1 Å². The van der Waals surface area contributed by atoms with Crippen molar-refractivity contribution < 1.29 is 9.32 Å². The molecule has 0 aliphatic rings. The van der Waals surface area contributed by atoms with Crippen LogP contribution in [0.25, 0.3) is 0 Å². The number of rotatable bonds is 7. The monoisotopic (exact) mass is 301 g/mol. The standard InChI is InChI=1S/C17H23N3O2/c1-4-13-11-15(22-19-13)12-20(3)16(5-2)17(21)18-14-9-7-6-8-10-14/h6-11,16H,4-5,12H2,1-3H3,(H,18,21)/t16-/m1/s1. The van der Waals surface area contributed by atoms with Crippen LogP contribution in [0.3, 0.4) is 0 Å². The molecule has 1 amide bonds. The van der Waals surface area contributed by atoms with E-state index in [0.717, 1.165) is 30.0 Å². The maximum atomic E-state index is 12.4. The first-order valence-electron chi connectivity index (χ1n) is 7.64. The molecule has 5 nitrogen and oxygen atoms in total. The van der Waals surface area contributed by atoms with Crippen molar-refractivity contribution in [3.63, 3.8) is 0 Å². The molecule has 1 heterocycles. The van der Waals surface area contributed by atoms with Crippen LogP contribution in [0.15, 0.2) is 40.9 Å². The predicted molar refractivity (Wildman–Crippen MR) is 86.5 cm³/mol. The quantitative estimate of drug-likeness (QED) is 0.854. The average molecular weight is 301 g/mol. The number of benzene rings is 1. The number of carbonyl (C=O) groups is 1. The average Bonchev–Trinajstić information content (AvgIpc) is 2.96. The molecule has 0 bridgehead atoms. The maximum absolute atomic E-state index is 12.4. The second-order valence-corrected chi connectivity index (χ2v) is 5.33. The van der Waals surface area contributed by atoms with Gasteiger partial charge < -0.3 is 9.84 Å². The Kier molecular flexibility index (Phi) is 5.72. The van der Waals surface area contributed by atoms with Crippen molar-refractivity contribution in [3.05, 3.63) is 47.9 Å². The molecule has 0 saturated carbocycles. The van der Waals surface area contributed by atoms with Gasteiger partial charge in [-0.2, -0.15) is 0 Å². The van der Waals surface area contributed by atoms with Crippen LogP contribution < -0.4 is 5.32 Å². The van der Waals surface area contributed by atoms with Gasteiger partial charge in [0.05, 0.1) is 18.3 Å². The lowest BCUT2D eigenvalue weighted by atomic mass is 10.1. The summed E-state index contributed by atoms with van der Waals surface area (Å²) in [4.78, 5) is 14.4. The van der Waals surface area contributed by atoms with Gasteiger partial charge in [-0.05, 0) is 32.0 Å². The number of para-hydroxylation sites is 1. The molecule has 0 unspecified atom stereocenters. The maximum Gasteiger partial charge on any atom is 0.241 e. The van der Waals surface area contributed by atoms with Gasteiger partial charge in [-0.3, -0.25) is 9.69 Å². The van der Waals surface area contributed by atoms with Crippen LogP contribution in [-0.4, -0.2) is 29.1 Å². The zero-order valence-electron chi connectivity index (χ0n) is 13.4. The predicted octanol–water partition coefficient (Wildman–Crippen LogP) is 3.09. The summed E-state index contributed by atoms with van der Waals surface area (Å²) in [5.74, 6) is 0.775. The van der Waals surface area contributed by atoms with Crippen LogP contribution in [-0.2, 0) is 17.8 Å². The Hall–Kier alpha value is -2.14. The van der Waals surface area contributed by atoms with Gasteiger partial charge in [0, 0.05) is 11.8 Å². The summed E-state index contributed by atoms with van der Waals surface area (Å²) in [5.41, 5.74) is 1.75. The summed E-state index contributed by atoms with van der Waals surface area (Å²) in [6.07, 6.45) is 1.57. The topological polar surface area (TPSA) is 58.4 Å². The highest BCUT2D eigenvalue weighted by atomic mass is 16.5. The smallest absolute Gasteiger partial charge is 0.241 e. The number of aryl methyl sites for hydroxylation is 1. The van der Waals surface area contributed by atoms with Crippen molar-refractivity contribution >= 4 is 11.6 Å². The Labute approximate surface area is 131 Å². The molecular weight excluding hydrogens is 278 g/mol. The minimum absolute atomic E-state index is 0.00793. The second-order valence-electron chi connectivity index (χ2n) is 5.33. The highest BCUT2D eigenvalue weighted by Gasteiger charge is 2.22. The Morgan fingerprint density at radius 1 is 1.32 bits per heavy atom. The molecule has 118 valence electrons. The number of nitrogens with one attached hydrogen (secondary N) is 1. The number of anilines is 1. The molecule has 2 aromatic rings. The van der Waals surface area contributed by atoms with E-state index in [2.05, 4.69) is 10.5 Å². The van der Waals surface area contributed by atoms with Gasteiger partial charge in [0.25, 0.3) is 0 Å². The molecule has 0 spiro atoms. The van der Waals surface area contributed by atoms with Crippen molar-refractivity contribution in [1.29, 1.82) is 0 Å². The van der Waals surface area contributed by atoms with E-state index in [1.807, 2.05) is 62.2 Å². The molecular formula is C17H23N3O2. The third-order valence-electron chi connectivity index (χ3n) is 3.64. The SMILES string of the molecule is CCc1cc(CN(C)[C@H](CC)C(=O)Nc2ccccc2)on1. The van der Waals surface area contributed by atoms with Gasteiger partial charge in [-0.25, -0.2) is 0 Å². The molecule has 1 N–H and O–H groups in total. The van der Waals surface area contributed by atoms with E-state index in [0.29, 0.717) is 6.54 Å². The summed E-state index contributed by atoms with van der Waals surface area (Å²) in [6, 6.07) is 11.2. The zero-order chi connectivity index (χ0) is 15.9. The molecule has 0 saturated heterocycles. The number of carbonyl (C=O) groups excluding carboxylic acids is 1. The first-order valence-corrected chi connectivity index (χ1v) is 7.64. The Morgan fingerprint density at radius 3 is 2.64 bits per heavy atom. The Bertz CT molecular complexity index is 595. The lowest BCUT2D eigenvalue weighted by Crippen LogP contribution is -2.41. The van der Waals surface area contributed by atoms with E-state index >= 15 is 0 Å². The van der Waals surface area contributed by atoms with Gasteiger partial charge in [0.2, 0.25) is 5.91 Å². The van der Waals surface area contributed by atoms with Crippen LogP contribution in [0.5, 0.6) is 0 Å². The van der Waals surface area contributed by atoms with E-state index in [1.54, 1.807) is 0 Å². The summed E-state index contributed by atoms with van der Waals surface area (Å²) in [6.45, 7) is 4.60. The molecule has 0 aliphatic heterocycles. The molecule has 1 aromatic carbocycles. The van der Waals surface area contributed by atoms with Crippen molar-refractivity contribution in [2.45, 2.75) is 39.3 Å². The van der Waals surface area contributed by atoms with E-state index in [9.17, 15) is 4.79 Å². The van der Waals surface area contributed by atoms with Gasteiger partial charge in [-0.15, -0.1) is 0 Å². The van der Waals surface area contributed by atoms with Crippen LogP contribution >= 0.6 is 0 Å². The van der Waals surface area contributed by atoms with Crippen molar-refractivity contribution in [2.24, 2.45) is 0 Å². The molecule has 2 rings (SSSR count). The minimum Gasteiger partial charge on any atom is -0.360 e. The first-order chi connectivity index (χ1) is 10.6. The van der Waals surface area contributed by atoms with Crippen LogP contribution in [0.2, 0.25) is 0 Å². The number of hydrogen-bond donors (Lipinski definition) is 1. The summed E-state index contributed by atoms with van der Waals surface area (Å²) >= 11 is 0. The highest BCUT2D eigenvalue weighted by molar-refractivity contribution is 5.94. The fourth-order valence-corrected chi connectivity index (χ4v) is 2.40. The van der Waals surface area contributed by atoms with Crippen molar-refractivity contribution in [3.8, 4) is 0 Å². The largest absolute Gasteiger partial charge is 0.360 e. The molecule has 22 heavy (non-hydrogen) atoms.